The van der Waals surface area contributed by atoms with Gasteiger partial charge in [0.1, 0.15) is 5.82 Å². The molecular formula is C20H23N5OS. The standard InChI is InChI=1S/C20H23N5OS/c1-14-12-19(25-18(22-14)2-7-21-25)23-8-3-15(4-9-23)20(26)24-10-5-17-16(13-24)6-11-27-17/h2,6-7,11-12,15H,3-5,8-10,13H2,1H3. The van der Waals surface area contributed by atoms with Gasteiger partial charge in [-0.1, -0.05) is 0 Å². The van der Waals surface area contributed by atoms with E-state index in [0.717, 1.165) is 62.6 Å². The Morgan fingerprint density at radius 2 is 2.07 bits per heavy atom. The molecule has 0 aromatic carbocycles. The molecule has 2 aliphatic rings. The number of rotatable bonds is 2. The van der Waals surface area contributed by atoms with Crippen LogP contribution in [0.25, 0.3) is 5.65 Å². The predicted octanol–water partition coefficient (Wildman–Crippen LogP) is 2.90. The van der Waals surface area contributed by atoms with Gasteiger partial charge in [0.15, 0.2) is 5.65 Å². The molecule has 7 heteroatoms. The third-order valence-corrected chi connectivity index (χ3v) is 6.78. The Labute approximate surface area is 162 Å². The first-order chi connectivity index (χ1) is 13.2. The summed E-state index contributed by atoms with van der Waals surface area (Å²) >= 11 is 1.82. The fourth-order valence-corrected chi connectivity index (χ4v) is 5.18. The van der Waals surface area contributed by atoms with E-state index < -0.39 is 0 Å². The molecule has 6 nitrogen and oxygen atoms in total. The molecule has 1 amide bonds. The number of piperidine rings is 1. The van der Waals surface area contributed by atoms with Crippen molar-refractivity contribution in [3.8, 4) is 0 Å². The number of fused-ring (bicyclic) bond motifs is 2. The van der Waals surface area contributed by atoms with Crippen molar-refractivity contribution in [2.24, 2.45) is 5.92 Å². The Bertz CT molecular complexity index is 985. The Kier molecular flexibility index (Phi) is 4.11. The molecule has 3 aromatic heterocycles. The monoisotopic (exact) mass is 381 g/mol. The predicted molar refractivity (Wildman–Crippen MR) is 106 cm³/mol. The average molecular weight is 382 g/mol. The SMILES string of the molecule is Cc1cc(N2CCC(C(=O)N3CCc4sccc4C3)CC2)n2nccc2n1. The van der Waals surface area contributed by atoms with Gasteiger partial charge in [0.2, 0.25) is 5.91 Å². The highest BCUT2D eigenvalue weighted by atomic mass is 32.1. The highest BCUT2D eigenvalue weighted by Gasteiger charge is 2.31. The Morgan fingerprint density at radius 1 is 1.22 bits per heavy atom. The number of carbonyl (C=O) groups excluding carboxylic acids is 1. The van der Waals surface area contributed by atoms with E-state index in [1.807, 2.05) is 28.8 Å². The number of anilines is 1. The van der Waals surface area contributed by atoms with Gasteiger partial charge in [0.05, 0.1) is 6.20 Å². The minimum Gasteiger partial charge on any atom is -0.356 e. The highest BCUT2D eigenvalue weighted by Crippen LogP contribution is 2.29. The number of hydrogen-bond donors (Lipinski definition) is 0. The Morgan fingerprint density at radius 3 is 2.93 bits per heavy atom. The van der Waals surface area contributed by atoms with Gasteiger partial charge in [-0.2, -0.15) is 9.61 Å². The summed E-state index contributed by atoms with van der Waals surface area (Å²) in [7, 11) is 0. The highest BCUT2D eigenvalue weighted by molar-refractivity contribution is 7.10. The third kappa shape index (κ3) is 3.00. The minimum atomic E-state index is 0.137. The Hall–Kier alpha value is -2.41. The molecule has 1 fully saturated rings. The zero-order valence-electron chi connectivity index (χ0n) is 15.5. The average Bonchev–Trinajstić information content (AvgIpc) is 3.35. The molecule has 5 heterocycles. The molecule has 2 aliphatic heterocycles. The zero-order valence-corrected chi connectivity index (χ0v) is 16.3. The molecule has 3 aromatic rings. The van der Waals surface area contributed by atoms with E-state index in [2.05, 4.69) is 37.4 Å². The summed E-state index contributed by atoms with van der Waals surface area (Å²) < 4.78 is 1.90. The second kappa shape index (κ2) is 6.64. The van der Waals surface area contributed by atoms with Gasteiger partial charge in [-0.05, 0) is 43.2 Å². The fraction of sp³-hybridized carbons (Fsp3) is 0.450. The molecular weight excluding hydrogens is 358 g/mol. The number of amides is 1. The van der Waals surface area contributed by atoms with E-state index in [9.17, 15) is 4.79 Å². The van der Waals surface area contributed by atoms with Crippen LogP contribution in [0.4, 0.5) is 5.82 Å². The number of aryl methyl sites for hydroxylation is 1. The molecule has 0 unspecified atom stereocenters. The molecule has 1 saturated heterocycles. The lowest BCUT2D eigenvalue weighted by Gasteiger charge is -2.36. The summed E-state index contributed by atoms with van der Waals surface area (Å²) in [6, 6.07) is 6.19. The first-order valence-electron chi connectivity index (χ1n) is 9.59. The molecule has 140 valence electrons. The molecule has 5 rings (SSSR count). The minimum absolute atomic E-state index is 0.137. The summed E-state index contributed by atoms with van der Waals surface area (Å²) in [6.07, 6.45) is 4.59. The first kappa shape index (κ1) is 16.7. The van der Waals surface area contributed by atoms with Crippen molar-refractivity contribution in [2.45, 2.75) is 32.7 Å². The van der Waals surface area contributed by atoms with Crippen molar-refractivity contribution < 1.29 is 4.79 Å². The summed E-state index contributed by atoms with van der Waals surface area (Å²) in [5.41, 5.74) is 3.21. The van der Waals surface area contributed by atoms with E-state index in [0.29, 0.717) is 5.91 Å². The van der Waals surface area contributed by atoms with Gasteiger partial charge in [-0.25, -0.2) is 4.98 Å². The van der Waals surface area contributed by atoms with Gasteiger partial charge in [0, 0.05) is 54.8 Å². The number of hydrogen-bond acceptors (Lipinski definition) is 5. The van der Waals surface area contributed by atoms with E-state index in [-0.39, 0.29) is 5.92 Å². The molecule has 0 atom stereocenters. The van der Waals surface area contributed by atoms with Crippen molar-refractivity contribution in [3.63, 3.8) is 0 Å². The summed E-state index contributed by atoms with van der Waals surface area (Å²) in [5.74, 6) is 1.55. The zero-order chi connectivity index (χ0) is 18.4. The van der Waals surface area contributed by atoms with Gasteiger partial charge in [-0.15, -0.1) is 11.3 Å². The maximum atomic E-state index is 13.0. The van der Waals surface area contributed by atoms with Gasteiger partial charge < -0.3 is 9.80 Å². The van der Waals surface area contributed by atoms with Crippen LogP contribution in [0, 0.1) is 12.8 Å². The van der Waals surface area contributed by atoms with Crippen LogP contribution in [0.1, 0.15) is 29.0 Å². The molecule has 0 aliphatic carbocycles. The normalized spacial score (nSPS) is 18.1. The molecule has 0 bridgehead atoms. The summed E-state index contributed by atoms with van der Waals surface area (Å²) in [5, 5.41) is 6.56. The van der Waals surface area contributed by atoms with Crippen molar-refractivity contribution in [2.75, 3.05) is 24.5 Å². The first-order valence-corrected chi connectivity index (χ1v) is 10.5. The van der Waals surface area contributed by atoms with Crippen LogP contribution >= 0.6 is 11.3 Å². The summed E-state index contributed by atoms with van der Waals surface area (Å²) in [6.45, 7) is 5.43. The van der Waals surface area contributed by atoms with Crippen LogP contribution < -0.4 is 4.90 Å². The van der Waals surface area contributed by atoms with Crippen LogP contribution in [0.15, 0.2) is 29.8 Å². The molecule has 0 radical (unpaired) electrons. The maximum Gasteiger partial charge on any atom is 0.226 e. The largest absolute Gasteiger partial charge is 0.356 e. The van der Waals surface area contributed by atoms with Gasteiger partial charge in [0.25, 0.3) is 0 Å². The van der Waals surface area contributed by atoms with Crippen molar-refractivity contribution >= 4 is 28.7 Å². The van der Waals surface area contributed by atoms with E-state index >= 15 is 0 Å². The molecule has 27 heavy (non-hydrogen) atoms. The van der Waals surface area contributed by atoms with Crippen LogP contribution in [-0.4, -0.2) is 45.0 Å². The molecule has 0 N–H and O–H groups in total. The van der Waals surface area contributed by atoms with Gasteiger partial charge in [-0.3, -0.25) is 4.79 Å². The van der Waals surface area contributed by atoms with Crippen molar-refractivity contribution in [1.29, 1.82) is 0 Å². The van der Waals surface area contributed by atoms with E-state index in [4.69, 9.17) is 0 Å². The smallest absolute Gasteiger partial charge is 0.226 e. The number of thiophene rings is 1. The number of aromatic nitrogens is 3. The van der Waals surface area contributed by atoms with Crippen LogP contribution in [0.5, 0.6) is 0 Å². The fourth-order valence-electron chi connectivity index (χ4n) is 4.29. The molecule has 0 spiro atoms. The topological polar surface area (TPSA) is 53.7 Å². The number of carbonyl (C=O) groups is 1. The van der Waals surface area contributed by atoms with Crippen LogP contribution in [0.2, 0.25) is 0 Å². The Balaban J connectivity index is 1.27. The van der Waals surface area contributed by atoms with Crippen LogP contribution in [-0.2, 0) is 17.8 Å². The van der Waals surface area contributed by atoms with Crippen molar-refractivity contribution in [1.82, 2.24) is 19.5 Å². The molecule has 0 saturated carbocycles. The maximum absolute atomic E-state index is 13.0. The van der Waals surface area contributed by atoms with E-state index in [1.54, 1.807) is 6.20 Å². The summed E-state index contributed by atoms with van der Waals surface area (Å²) in [4.78, 5) is 23.4. The van der Waals surface area contributed by atoms with Crippen LogP contribution in [0.3, 0.4) is 0 Å². The lowest BCUT2D eigenvalue weighted by molar-refractivity contribution is -0.137. The van der Waals surface area contributed by atoms with Crippen molar-refractivity contribution in [3.05, 3.63) is 45.9 Å². The second-order valence-electron chi connectivity index (χ2n) is 7.50. The third-order valence-electron chi connectivity index (χ3n) is 5.76. The lowest BCUT2D eigenvalue weighted by atomic mass is 9.94. The lowest BCUT2D eigenvalue weighted by Crippen LogP contribution is -2.44. The van der Waals surface area contributed by atoms with E-state index in [1.165, 1.54) is 10.4 Å². The quantitative estimate of drug-likeness (QED) is 0.685. The number of nitrogens with zero attached hydrogens (tertiary/aromatic N) is 5. The second-order valence-corrected chi connectivity index (χ2v) is 8.50. The van der Waals surface area contributed by atoms with Gasteiger partial charge >= 0.3 is 0 Å².